The summed E-state index contributed by atoms with van der Waals surface area (Å²) in [6, 6.07) is 7.20. The summed E-state index contributed by atoms with van der Waals surface area (Å²) in [6.07, 6.45) is 1.52. The van der Waals surface area contributed by atoms with Gasteiger partial charge in [-0.05, 0) is 36.3 Å². The van der Waals surface area contributed by atoms with E-state index in [1.54, 1.807) is 28.2 Å². The normalized spacial score (nSPS) is 17.8. The fourth-order valence-electron chi connectivity index (χ4n) is 3.78. The smallest absolute Gasteiger partial charge is 0.245 e. The van der Waals surface area contributed by atoms with E-state index in [0.717, 1.165) is 23.2 Å². The highest BCUT2D eigenvalue weighted by molar-refractivity contribution is 7.13. The number of aromatic nitrogens is 1. The van der Waals surface area contributed by atoms with Crippen LogP contribution in [0.2, 0.25) is 0 Å². The van der Waals surface area contributed by atoms with E-state index in [4.69, 9.17) is 5.73 Å². The molecule has 2 heterocycles. The lowest BCUT2D eigenvalue weighted by Gasteiger charge is -2.34. The van der Waals surface area contributed by atoms with Gasteiger partial charge in [-0.15, -0.1) is 11.3 Å². The summed E-state index contributed by atoms with van der Waals surface area (Å²) < 4.78 is 0. The monoisotopic (exact) mass is 428 g/mol. The van der Waals surface area contributed by atoms with Crippen LogP contribution in [-0.2, 0) is 16.1 Å². The molecule has 30 heavy (non-hydrogen) atoms. The number of carbonyl (C=O) groups excluding carboxylic acids is 2. The van der Waals surface area contributed by atoms with Gasteiger partial charge in [0.05, 0.1) is 22.1 Å². The van der Waals surface area contributed by atoms with Crippen LogP contribution in [0.4, 0.5) is 0 Å². The van der Waals surface area contributed by atoms with E-state index in [2.05, 4.69) is 17.1 Å². The van der Waals surface area contributed by atoms with Gasteiger partial charge in [0.25, 0.3) is 0 Å². The third kappa shape index (κ3) is 4.73. The molecule has 1 fully saturated rings. The van der Waals surface area contributed by atoms with E-state index < -0.39 is 12.1 Å². The number of hydrogen-bond donors (Lipinski definition) is 1. The fraction of sp³-hybridized carbons (Fsp3) is 0.522. The molecule has 0 bridgehead atoms. The Hall–Kier alpha value is -2.25. The third-order valence-electron chi connectivity index (χ3n) is 5.78. The topological polar surface area (TPSA) is 79.5 Å². The predicted molar refractivity (Wildman–Crippen MR) is 121 cm³/mol. The maximum Gasteiger partial charge on any atom is 0.245 e. The lowest BCUT2D eigenvalue weighted by Crippen LogP contribution is -2.54. The first kappa shape index (κ1) is 22.4. The van der Waals surface area contributed by atoms with Gasteiger partial charge >= 0.3 is 0 Å². The van der Waals surface area contributed by atoms with Crippen molar-refractivity contribution in [3.05, 3.63) is 41.0 Å². The number of thiazole rings is 1. The molecule has 2 amide bonds. The lowest BCUT2D eigenvalue weighted by molar-refractivity contribution is -0.145. The van der Waals surface area contributed by atoms with E-state index in [-0.39, 0.29) is 17.2 Å². The molecule has 2 N–H and O–H groups in total. The number of nitrogens with zero attached hydrogens (tertiary/aromatic N) is 3. The molecule has 0 spiro atoms. The Bertz CT molecular complexity index is 901. The highest BCUT2D eigenvalue weighted by Crippen LogP contribution is 2.28. The molecule has 6 nitrogen and oxygen atoms in total. The summed E-state index contributed by atoms with van der Waals surface area (Å²) in [6.45, 7) is 8.96. The van der Waals surface area contributed by atoms with E-state index >= 15 is 0 Å². The summed E-state index contributed by atoms with van der Waals surface area (Å²) >= 11 is 1.63. The molecule has 0 aliphatic carbocycles. The minimum atomic E-state index is -0.612. The third-order valence-corrected chi connectivity index (χ3v) is 6.76. The molecule has 2 atom stereocenters. The van der Waals surface area contributed by atoms with Crippen LogP contribution < -0.4 is 5.73 Å². The molecule has 1 aliphatic rings. The highest BCUT2D eigenvalue weighted by atomic mass is 32.1. The van der Waals surface area contributed by atoms with Crippen molar-refractivity contribution in [3.8, 4) is 10.4 Å². The Labute approximate surface area is 183 Å². The van der Waals surface area contributed by atoms with Gasteiger partial charge in [0, 0.05) is 20.1 Å². The quantitative estimate of drug-likeness (QED) is 0.791. The number of nitrogens with two attached hydrogens (primary N) is 1. The van der Waals surface area contributed by atoms with Crippen LogP contribution in [0.15, 0.2) is 29.8 Å². The zero-order chi connectivity index (χ0) is 22.1. The van der Waals surface area contributed by atoms with Crippen molar-refractivity contribution < 1.29 is 9.59 Å². The summed E-state index contributed by atoms with van der Waals surface area (Å²) in [5, 5.41) is 0. The molecule has 162 valence electrons. The zero-order valence-corrected chi connectivity index (χ0v) is 19.3. The Kier molecular flexibility index (Phi) is 6.62. The van der Waals surface area contributed by atoms with Gasteiger partial charge in [-0.3, -0.25) is 9.59 Å². The van der Waals surface area contributed by atoms with Crippen LogP contribution >= 0.6 is 11.3 Å². The Morgan fingerprint density at radius 1 is 1.30 bits per heavy atom. The molecular weight excluding hydrogens is 396 g/mol. The van der Waals surface area contributed by atoms with Crippen LogP contribution in [0.5, 0.6) is 0 Å². The molecule has 1 aromatic heterocycles. The van der Waals surface area contributed by atoms with E-state index in [0.29, 0.717) is 19.5 Å². The number of carbonyl (C=O) groups is 2. The van der Waals surface area contributed by atoms with Gasteiger partial charge in [0.1, 0.15) is 6.04 Å². The van der Waals surface area contributed by atoms with Crippen LogP contribution in [0.3, 0.4) is 0 Å². The average Bonchev–Trinajstić information content (AvgIpc) is 3.35. The second-order valence-corrected chi connectivity index (χ2v) is 10.0. The Morgan fingerprint density at radius 2 is 1.97 bits per heavy atom. The number of likely N-dealkylation sites (tertiary alicyclic amines) is 1. The lowest BCUT2D eigenvalue weighted by atomic mass is 9.86. The summed E-state index contributed by atoms with van der Waals surface area (Å²) in [5.41, 5.74) is 10.9. The molecule has 0 radical (unpaired) electrons. The summed E-state index contributed by atoms with van der Waals surface area (Å²) in [5.74, 6) is -0.152. The first-order chi connectivity index (χ1) is 14.1. The second-order valence-electron chi connectivity index (χ2n) is 9.19. The van der Waals surface area contributed by atoms with Gasteiger partial charge in [-0.25, -0.2) is 4.98 Å². The number of hydrogen-bond acceptors (Lipinski definition) is 5. The number of likely N-dealkylation sites (N-methyl/N-ethyl adjacent to an activating group) is 1. The predicted octanol–water partition coefficient (Wildman–Crippen LogP) is 3.44. The fourth-order valence-corrected chi connectivity index (χ4v) is 4.59. The molecule has 2 aromatic rings. The van der Waals surface area contributed by atoms with E-state index in [9.17, 15) is 9.59 Å². The molecule has 3 rings (SSSR count). The van der Waals surface area contributed by atoms with Crippen LogP contribution in [-0.4, -0.2) is 52.3 Å². The van der Waals surface area contributed by atoms with Crippen molar-refractivity contribution in [1.29, 1.82) is 0 Å². The van der Waals surface area contributed by atoms with Crippen molar-refractivity contribution in [1.82, 2.24) is 14.8 Å². The van der Waals surface area contributed by atoms with Gasteiger partial charge < -0.3 is 15.5 Å². The average molecular weight is 429 g/mol. The van der Waals surface area contributed by atoms with Crippen LogP contribution in [0.25, 0.3) is 10.4 Å². The van der Waals surface area contributed by atoms with Crippen molar-refractivity contribution in [3.63, 3.8) is 0 Å². The molecular formula is C23H32N4O2S. The minimum Gasteiger partial charge on any atom is -0.340 e. The van der Waals surface area contributed by atoms with Crippen LogP contribution in [0.1, 0.15) is 44.9 Å². The largest absolute Gasteiger partial charge is 0.340 e. The molecule has 1 aliphatic heterocycles. The van der Waals surface area contributed by atoms with Crippen molar-refractivity contribution in [2.75, 3.05) is 13.6 Å². The standard InChI is InChI=1S/C23H32N4O2S/c1-15-19(30-14-25-15)17-10-8-16(9-11-17)13-26(5)21(28)18-7-6-12-27(18)22(29)20(24)23(2,3)4/h8-11,14,18,20H,6-7,12-13,24H2,1-5H3/t18-,20+/m0/s1. The minimum absolute atomic E-state index is 0.0238. The van der Waals surface area contributed by atoms with Gasteiger partial charge in [-0.2, -0.15) is 0 Å². The maximum absolute atomic E-state index is 13.1. The zero-order valence-electron chi connectivity index (χ0n) is 18.5. The first-order valence-corrected chi connectivity index (χ1v) is 11.3. The SMILES string of the molecule is Cc1ncsc1-c1ccc(CN(C)C(=O)[C@@H]2CCCN2C(=O)[C@@H](N)C(C)(C)C)cc1. The first-order valence-electron chi connectivity index (χ1n) is 10.4. The molecule has 1 saturated heterocycles. The highest BCUT2D eigenvalue weighted by Gasteiger charge is 2.40. The van der Waals surface area contributed by atoms with Crippen molar-refractivity contribution in [2.45, 2.75) is 59.2 Å². The number of benzene rings is 1. The van der Waals surface area contributed by atoms with Crippen molar-refractivity contribution in [2.24, 2.45) is 11.1 Å². The summed E-state index contributed by atoms with van der Waals surface area (Å²) in [7, 11) is 1.80. The maximum atomic E-state index is 13.1. The van der Waals surface area contributed by atoms with Gasteiger partial charge in [0.2, 0.25) is 11.8 Å². The van der Waals surface area contributed by atoms with Gasteiger partial charge in [-0.1, -0.05) is 45.0 Å². The summed E-state index contributed by atoms with van der Waals surface area (Å²) in [4.78, 5) is 34.9. The van der Waals surface area contributed by atoms with E-state index in [1.165, 1.54) is 4.88 Å². The Morgan fingerprint density at radius 3 is 2.53 bits per heavy atom. The second kappa shape index (κ2) is 8.86. The number of aryl methyl sites for hydroxylation is 1. The van der Waals surface area contributed by atoms with Gasteiger partial charge in [0.15, 0.2) is 0 Å². The molecule has 0 saturated carbocycles. The van der Waals surface area contributed by atoms with E-state index in [1.807, 2.05) is 45.3 Å². The molecule has 1 aromatic carbocycles. The number of amides is 2. The van der Waals surface area contributed by atoms with Crippen molar-refractivity contribution >= 4 is 23.2 Å². The Balaban J connectivity index is 1.66. The number of rotatable bonds is 5. The molecule has 7 heteroatoms. The van der Waals surface area contributed by atoms with Crippen LogP contribution in [0, 0.1) is 12.3 Å². The molecule has 0 unspecified atom stereocenters.